The molecule has 0 amide bonds. The molecule has 0 aliphatic carbocycles. The van der Waals surface area contributed by atoms with E-state index in [-0.39, 0.29) is 0 Å². The van der Waals surface area contributed by atoms with Crippen molar-refractivity contribution < 1.29 is 0 Å². The van der Waals surface area contributed by atoms with E-state index in [0.29, 0.717) is 0 Å². The van der Waals surface area contributed by atoms with Crippen LogP contribution < -0.4 is 5.32 Å². The van der Waals surface area contributed by atoms with Crippen LogP contribution >= 0.6 is 0 Å². The highest BCUT2D eigenvalue weighted by molar-refractivity contribution is 4.82. The first-order valence-electron chi connectivity index (χ1n) is 7.24. The molecule has 2 fully saturated rings. The molecule has 3 nitrogen and oxygen atoms in total. The third kappa shape index (κ3) is 3.94. The largest absolute Gasteiger partial charge is 0.315 e. The van der Waals surface area contributed by atoms with Crippen LogP contribution in [0.4, 0.5) is 0 Å². The summed E-state index contributed by atoms with van der Waals surface area (Å²) >= 11 is 0. The van der Waals surface area contributed by atoms with Gasteiger partial charge in [-0.1, -0.05) is 6.92 Å². The Bertz CT molecular complexity index is 224. The predicted molar refractivity (Wildman–Crippen MR) is 73.3 cm³/mol. The van der Waals surface area contributed by atoms with Gasteiger partial charge in [0, 0.05) is 19.1 Å². The molecule has 3 heteroatoms. The Balaban J connectivity index is 1.74. The second-order valence-electron chi connectivity index (χ2n) is 6.34. The van der Waals surface area contributed by atoms with Crippen LogP contribution in [0.3, 0.4) is 0 Å². The molecule has 2 heterocycles. The molecule has 0 saturated carbocycles. The SMILES string of the molecule is CC1CNCC(N(C)CC2CCN(C)CC2)C1. The molecule has 2 rings (SSSR count). The summed E-state index contributed by atoms with van der Waals surface area (Å²) in [6.07, 6.45) is 4.14. The van der Waals surface area contributed by atoms with Gasteiger partial charge in [0.1, 0.15) is 0 Å². The van der Waals surface area contributed by atoms with Crippen molar-refractivity contribution in [1.29, 1.82) is 0 Å². The number of hydrogen-bond acceptors (Lipinski definition) is 3. The van der Waals surface area contributed by atoms with Crippen LogP contribution in [0, 0.1) is 11.8 Å². The third-order valence-corrected chi connectivity index (χ3v) is 4.55. The lowest BCUT2D eigenvalue weighted by Gasteiger charge is -2.38. The molecule has 2 aliphatic rings. The summed E-state index contributed by atoms with van der Waals surface area (Å²) in [5, 5.41) is 3.56. The van der Waals surface area contributed by atoms with Crippen LogP contribution in [0.1, 0.15) is 26.2 Å². The van der Waals surface area contributed by atoms with Gasteiger partial charge >= 0.3 is 0 Å². The Hall–Kier alpha value is -0.120. The maximum Gasteiger partial charge on any atom is 0.0220 e. The number of hydrogen-bond donors (Lipinski definition) is 1. The highest BCUT2D eigenvalue weighted by Crippen LogP contribution is 2.20. The Morgan fingerprint density at radius 1 is 1.24 bits per heavy atom. The van der Waals surface area contributed by atoms with Crippen LogP contribution in [0.25, 0.3) is 0 Å². The van der Waals surface area contributed by atoms with Gasteiger partial charge in [-0.2, -0.15) is 0 Å². The van der Waals surface area contributed by atoms with E-state index in [2.05, 4.69) is 36.1 Å². The minimum absolute atomic E-state index is 0.762. The highest BCUT2D eigenvalue weighted by atomic mass is 15.2. The molecule has 2 saturated heterocycles. The third-order valence-electron chi connectivity index (χ3n) is 4.55. The zero-order valence-corrected chi connectivity index (χ0v) is 11.8. The van der Waals surface area contributed by atoms with Crippen molar-refractivity contribution >= 4 is 0 Å². The Kier molecular flexibility index (Phi) is 4.83. The number of likely N-dealkylation sites (N-methyl/N-ethyl adjacent to an activating group) is 1. The van der Waals surface area contributed by atoms with Crippen molar-refractivity contribution in [2.45, 2.75) is 32.2 Å². The molecule has 0 spiro atoms. The smallest absolute Gasteiger partial charge is 0.0220 e. The molecular formula is C14H29N3. The van der Waals surface area contributed by atoms with E-state index in [9.17, 15) is 0 Å². The van der Waals surface area contributed by atoms with E-state index >= 15 is 0 Å². The van der Waals surface area contributed by atoms with Crippen molar-refractivity contribution in [2.75, 3.05) is 46.8 Å². The predicted octanol–water partition coefficient (Wildman–Crippen LogP) is 1.26. The first-order valence-corrected chi connectivity index (χ1v) is 7.24. The van der Waals surface area contributed by atoms with Crippen molar-refractivity contribution in [3.8, 4) is 0 Å². The highest BCUT2D eigenvalue weighted by Gasteiger charge is 2.25. The Morgan fingerprint density at radius 2 is 1.94 bits per heavy atom. The van der Waals surface area contributed by atoms with E-state index in [4.69, 9.17) is 0 Å². The quantitative estimate of drug-likeness (QED) is 0.800. The molecule has 0 radical (unpaired) electrons. The fourth-order valence-corrected chi connectivity index (χ4v) is 3.26. The zero-order valence-electron chi connectivity index (χ0n) is 11.8. The van der Waals surface area contributed by atoms with E-state index in [1.807, 2.05) is 0 Å². The van der Waals surface area contributed by atoms with Gasteiger partial charge in [0.05, 0.1) is 0 Å². The molecule has 0 aromatic heterocycles. The average Bonchev–Trinajstić information content (AvgIpc) is 2.32. The van der Waals surface area contributed by atoms with Crippen molar-refractivity contribution in [3.63, 3.8) is 0 Å². The molecule has 1 N–H and O–H groups in total. The Morgan fingerprint density at radius 3 is 2.59 bits per heavy atom. The van der Waals surface area contributed by atoms with Crippen LogP contribution in [0.15, 0.2) is 0 Å². The summed E-state index contributed by atoms with van der Waals surface area (Å²) in [4.78, 5) is 5.07. The Labute approximate surface area is 107 Å². The minimum Gasteiger partial charge on any atom is -0.315 e. The van der Waals surface area contributed by atoms with Gasteiger partial charge in [-0.25, -0.2) is 0 Å². The van der Waals surface area contributed by atoms with Gasteiger partial charge in [0.25, 0.3) is 0 Å². The maximum absolute atomic E-state index is 3.56. The van der Waals surface area contributed by atoms with Crippen molar-refractivity contribution in [3.05, 3.63) is 0 Å². The van der Waals surface area contributed by atoms with Gasteiger partial charge in [0.2, 0.25) is 0 Å². The molecular weight excluding hydrogens is 210 g/mol. The molecule has 17 heavy (non-hydrogen) atoms. The standard InChI is InChI=1S/C14H29N3/c1-12-8-14(10-15-9-12)17(3)11-13-4-6-16(2)7-5-13/h12-15H,4-11H2,1-3H3. The summed E-state index contributed by atoms with van der Waals surface area (Å²) in [6, 6.07) is 0.762. The van der Waals surface area contributed by atoms with Gasteiger partial charge in [-0.05, 0) is 64.8 Å². The first-order chi connectivity index (χ1) is 8.15. The van der Waals surface area contributed by atoms with Gasteiger partial charge in [0.15, 0.2) is 0 Å². The van der Waals surface area contributed by atoms with Gasteiger partial charge in [-0.15, -0.1) is 0 Å². The molecule has 0 bridgehead atoms. The lowest BCUT2D eigenvalue weighted by molar-refractivity contribution is 0.124. The number of nitrogens with zero attached hydrogens (tertiary/aromatic N) is 2. The fraction of sp³-hybridized carbons (Fsp3) is 1.00. The summed E-state index contributed by atoms with van der Waals surface area (Å²) in [6.45, 7) is 8.64. The van der Waals surface area contributed by atoms with Crippen LogP contribution in [-0.2, 0) is 0 Å². The van der Waals surface area contributed by atoms with E-state index in [1.165, 1.54) is 52.0 Å². The average molecular weight is 239 g/mol. The molecule has 2 unspecified atom stereocenters. The van der Waals surface area contributed by atoms with E-state index in [1.54, 1.807) is 0 Å². The lowest BCUT2D eigenvalue weighted by atomic mass is 9.93. The van der Waals surface area contributed by atoms with E-state index in [0.717, 1.165) is 17.9 Å². The molecule has 100 valence electrons. The fourth-order valence-electron chi connectivity index (χ4n) is 3.26. The van der Waals surface area contributed by atoms with Crippen LogP contribution in [0.5, 0.6) is 0 Å². The molecule has 2 atom stereocenters. The van der Waals surface area contributed by atoms with Gasteiger partial charge < -0.3 is 15.1 Å². The number of piperidine rings is 2. The second-order valence-corrected chi connectivity index (χ2v) is 6.34. The van der Waals surface area contributed by atoms with Crippen molar-refractivity contribution in [2.24, 2.45) is 11.8 Å². The second kappa shape index (κ2) is 6.17. The minimum atomic E-state index is 0.762. The summed E-state index contributed by atoms with van der Waals surface area (Å²) < 4.78 is 0. The number of nitrogens with one attached hydrogen (secondary N) is 1. The monoisotopic (exact) mass is 239 g/mol. The zero-order chi connectivity index (χ0) is 12.3. The first kappa shape index (κ1) is 13.3. The number of likely N-dealkylation sites (tertiary alicyclic amines) is 1. The molecule has 0 aromatic rings. The topological polar surface area (TPSA) is 18.5 Å². The molecule has 0 aromatic carbocycles. The molecule has 2 aliphatic heterocycles. The lowest BCUT2D eigenvalue weighted by Crippen LogP contribution is -2.49. The summed E-state index contributed by atoms with van der Waals surface area (Å²) in [5.41, 5.74) is 0. The normalized spacial score (nSPS) is 33.2. The summed E-state index contributed by atoms with van der Waals surface area (Å²) in [7, 11) is 4.56. The van der Waals surface area contributed by atoms with Crippen LogP contribution in [-0.4, -0.2) is 62.7 Å². The number of rotatable bonds is 3. The maximum atomic E-state index is 3.56. The van der Waals surface area contributed by atoms with E-state index < -0.39 is 0 Å². The van der Waals surface area contributed by atoms with Crippen molar-refractivity contribution in [1.82, 2.24) is 15.1 Å². The van der Waals surface area contributed by atoms with Crippen LogP contribution in [0.2, 0.25) is 0 Å². The summed E-state index contributed by atoms with van der Waals surface area (Å²) in [5.74, 6) is 1.77. The van der Waals surface area contributed by atoms with Gasteiger partial charge in [-0.3, -0.25) is 0 Å².